The molecule has 0 spiro atoms. The number of sulfonamides is 1. The minimum Gasteiger partial charge on any atom is -0.495 e. The zero-order valence-electron chi connectivity index (χ0n) is 27.0. The molecule has 0 fully saturated rings. The van der Waals surface area contributed by atoms with Crippen LogP contribution in [0.2, 0.25) is 10.0 Å². The van der Waals surface area contributed by atoms with E-state index in [-0.39, 0.29) is 40.2 Å². The highest BCUT2D eigenvalue weighted by atomic mass is 35.5. The number of nitrogens with zero attached hydrogens (tertiary/aromatic N) is 2. The van der Waals surface area contributed by atoms with Crippen molar-refractivity contribution in [2.24, 2.45) is 0 Å². The highest BCUT2D eigenvalue weighted by Crippen LogP contribution is 2.35. The van der Waals surface area contributed by atoms with Crippen molar-refractivity contribution in [2.75, 3.05) is 18.0 Å². The van der Waals surface area contributed by atoms with Crippen LogP contribution in [0.15, 0.2) is 102 Å². The quantitative estimate of drug-likeness (QED) is 0.171. The van der Waals surface area contributed by atoms with Gasteiger partial charge >= 0.3 is 0 Å². The van der Waals surface area contributed by atoms with Gasteiger partial charge in [0, 0.05) is 28.5 Å². The van der Waals surface area contributed by atoms with Gasteiger partial charge < -0.3 is 15.0 Å². The van der Waals surface area contributed by atoms with E-state index >= 15 is 0 Å². The summed E-state index contributed by atoms with van der Waals surface area (Å²) in [6.45, 7) is 6.79. The number of halogens is 2. The van der Waals surface area contributed by atoms with Crippen LogP contribution in [-0.2, 0) is 32.6 Å². The molecule has 0 saturated carbocycles. The Morgan fingerprint density at radius 2 is 1.47 bits per heavy atom. The van der Waals surface area contributed by atoms with Crippen molar-refractivity contribution in [3.8, 4) is 5.75 Å². The third-order valence-corrected chi connectivity index (χ3v) is 9.59. The van der Waals surface area contributed by atoms with E-state index < -0.39 is 34.1 Å². The third-order valence-electron chi connectivity index (χ3n) is 7.33. The molecule has 2 amide bonds. The Labute approximate surface area is 287 Å². The molecule has 1 N–H and O–H groups in total. The normalized spacial score (nSPS) is 12.2. The molecule has 0 aliphatic rings. The molecule has 248 valence electrons. The summed E-state index contributed by atoms with van der Waals surface area (Å²) in [5.74, 6) is -0.784. The average molecular weight is 697 g/mol. The molecular weight excluding hydrogens is 657 g/mol. The van der Waals surface area contributed by atoms with E-state index in [2.05, 4.69) is 5.32 Å². The second kappa shape index (κ2) is 15.2. The van der Waals surface area contributed by atoms with Crippen LogP contribution in [0, 0.1) is 6.92 Å². The van der Waals surface area contributed by atoms with E-state index in [1.54, 1.807) is 48.5 Å². The zero-order valence-corrected chi connectivity index (χ0v) is 29.4. The Bertz CT molecular complexity index is 1790. The second-order valence-electron chi connectivity index (χ2n) is 12.2. The average Bonchev–Trinajstić information content (AvgIpc) is 3.02. The van der Waals surface area contributed by atoms with Crippen LogP contribution in [0.5, 0.6) is 5.75 Å². The fraction of sp³-hybridized carbons (Fsp3) is 0.278. The molecule has 0 radical (unpaired) electrons. The lowest BCUT2D eigenvalue weighted by molar-refractivity contribution is -0.140. The van der Waals surface area contributed by atoms with Gasteiger partial charge in [-0.15, -0.1) is 0 Å². The summed E-state index contributed by atoms with van der Waals surface area (Å²) in [6, 6.07) is 26.2. The smallest absolute Gasteiger partial charge is 0.264 e. The fourth-order valence-corrected chi connectivity index (χ4v) is 6.71. The van der Waals surface area contributed by atoms with E-state index in [9.17, 15) is 18.0 Å². The summed E-state index contributed by atoms with van der Waals surface area (Å²) in [7, 11) is -2.92. The van der Waals surface area contributed by atoms with E-state index in [1.165, 1.54) is 30.2 Å². The van der Waals surface area contributed by atoms with Gasteiger partial charge in [0.25, 0.3) is 10.0 Å². The Kier molecular flexibility index (Phi) is 11.6. The van der Waals surface area contributed by atoms with Gasteiger partial charge in [-0.05, 0) is 81.3 Å². The van der Waals surface area contributed by atoms with Gasteiger partial charge in [0.2, 0.25) is 11.8 Å². The Balaban J connectivity index is 1.86. The third kappa shape index (κ3) is 9.50. The number of methoxy groups -OCH3 is 1. The number of carbonyl (C=O) groups is 2. The predicted octanol–water partition coefficient (Wildman–Crippen LogP) is 7.06. The lowest BCUT2D eigenvalue weighted by atomic mass is 10.0. The van der Waals surface area contributed by atoms with Crippen molar-refractivity contribution in [3.63, 3.8) is 0 Å². The fourth-order valence-electron chi connectivity index (χ4n) is 5.00. The van der Waals surface area contributed by atoms with E-state index in [4.69, 9.17) is 27.9 Å². The Morgan fingerprint density at radius 1 is 0.851 bits per heavy atom. The topological polar surface area (TPSA) is 96.0 Å². The summed E-state index contributed by atoms with van der Waals surface area (Å²) in [5, 5.41) is 3.79. The summed E-state index contributed by atoms with van der Waals surface area (Å²) in [5.41, 5.74) is 1.89. The van der Waals surface area contributed by atoms with Crippen molar-refractivity contribution in [1.29, 1.82) is 0 Å². The molecule has 4 aromatic rings. The van der Waals surface area contributed by atoms with Gasteiger partial charge in [0.05, 0.1) is 17.7 Å². The molecule has 11 heteroatoms. The van der Waals surface area contributed by atoms with Crippen LogP contribution in [0.3, 0.4) is 0 Å². The number of ether oxygens (including phenoxy) is 1. The van der Waals surface area contributed by atoms with Crippen LogP contribution < -0.4 is 14.4 Å². The molecule has 4 aromatic carbocycles. The summed E-state index contributed by atoms with van der Waals surface area (Å²) < 4.78 is 35.2. The molecule has 0 aromatic heterocycles. The van der Waals surface area contributed by atoms with Crippen molar-refractivity contribution in [1.82, 2.24) is 10.2 Å². The monoisotopic (exact) mass is 695 g/mol. The van der Waals surface area contributed by atoms with Crippen LogP contribution in [0.1, 0.15) is 37.5 Å². The van der Waals surface area contributed by atoms with Crippen molar-refractivity contribution in [3.05, 3.63) is 124 Å². The predicted molar refractivity (Wildman–Crippen MR) is 188 cm³/mol. The molecule has 0 bridgehead atoms. The molecule has 8 nitrogen and oxygen atoms in total. The van der Waals surface area contributed by atoms with Crippen molar-refractivity contribution in [2.45, 2.75) is 57.1 Å². The number of carbonyl (C=O) groups excluding carboxylic acids is 2. The first-order valence-corrected chi connectivity index (χ1v) is 17.2. The number of nitrogens with one attached hydrogen (secondary N) is 1. The molecule has 0 heterocycles. The number of aryl methyl sites for hydroxylation is 1. The second-order valence-corrected chi connectivity index (χ2v) is 15.0. The number of rotatable bonds is 12. The summed E-state index contributed by atoms with van der Waals surface area (Å²) in [6.07, 6.45) is 0.188. The number of anilines is 1. The van der Waals surface area contributed by atoms with Crippen LogP contribution >= 0.6 is 23.2 Å². The van der Waals surface area contributed by atoms with Gasteiger partial charge in [0.15, 0.2) is 0 Å². The molecule has 0 saturated heterocycles. The number of benzene rings is 4. The molecule has 47 heavy (non-hydrogen) atoms. The molecular formula is C36H39Cl2N3O5S. The molecule has 0 aliphatic heterocycles. The van der Waals surface area contributed by atoms with Crippen molar-refractivity contribution >= 4 is 50.7 Å². The van der Waals surface area contributed by atoms with E-state index in [0.717, 1.165) is 15.4 Å². The summed E-state index contributed by atoms with van der Waals surface area (Å²) >= 11 is 12.5. The van der Waals surface area contributed by atoms with Gasteiger partial charge in [0.1, 0.15) is 18.3 Å². The van der Waals surface area contributed by atoms with E-state index in [0.29, 0.717) is 10.6 Å². The largest absolute Gasteiger partial charge is 0.495 e. The Morgan fingerprint density at radius 3 is 2.06 bits per heavy atom. The number of hydrogen-bond acceptors (Lipinski definition) is 5. The van der Waals surface area contributed by atoms with Crippen LogP contribution in [-0.4, -0.2) is 50.4 Å². The first-order chi connectivity index (χ1) is 22.2. The first kappa shape index (κ1) is 35.8. The maximum Gasteiger partial charge on any atom is 0.264 e. The minimum absolute atomic E-state index is 0.0101. The van der Waals surface area contributed by atoms with Crippen LogP contribution in [0.25, 0.3) is 0 Å². The van der Waals surface area contributed by atoms with Crippen molar-refractivity contribution < 1.29 is 22.7 Å². The van der Waals surface area contributed by atoms with Gasteiger partial charge in [-0.3, -0.25) is 13.9 Å². The van der Waals surface area contributed by atoms with Gasteiger partial charge in [-0.1, -0.05) is 83.4 Å². The standard InChI is InChI=1S/C36H39Cl2N3O5S/c1-25-11-18-30(19-12-25)47(44,45)41(31-22-29(38)17-20-33(31)46-5)24-34(42)40(23-27-13-15-28(37)16-14-27)32(35(43)39-36(2,3)4)21-26-9-7-6-8-10-26/h6-20,22,32H,21,23-24H2,1-5H3,(H,39,43)/t32-/m0/s1. The van der Waals surface area contributed by atoms with Gasteiger partial charge in [-0.25, -0.2) is 8.42 Å². The van der Waals surface area contributed by atoms with Crippen LogP contribution in [0.4, 0.5) is 5.69 Å². The van der Waals surface area contributed by atoms with E-state index in [1.807, 2.05) is 58.0 Å². The first-order valence-electron chi connectivity index (χ1n) is 15.0. The van der Waals surface area contributed by atoms with Gasteiger partial charge in [-0.2, -0.15) is 0 Å². The zero-order chi connectivity index (χ0) is 34.4. The Hall–Kier alpha value is -4.05. The number of hydrogen-bond donors (Lipinski definition) is 1. The maximum atomic E-state index is 14.7. The maximum absolute atomic E-state index is 14.7. The molecule has 1 atom stereocenters. The lowest BCUT2D eigenvalue weighted by Gasteiger charge is -2.35. The highest BCUT2D eigenvalue weighted by Gasteiger charge is 2.36. The SMILES string of the molecule is COc1ccc(Cl)cc1N(CC(=O)N(Cc1ccc(Cl)cc1)[C@@H](Cc1ccccc1)C(=O)NC(C)(C)C)S(=O)(=O)c1ccc(C)cc1. The number of amides is 2. The summed E-state index contributed by atoms with van der Waals surface area (Å²) in [4.78, 5) is 30.1. The molecule has 0 unspecified atom stereocenters. The minimum atomic E-state index is -4.33. The molecule has 0 aliphatic carbocycles. The highest BCUT2D eigenvalue weighted by molar-refractivity contribution is 7.92. The lowest BCUT2D eigenvalue weighted by Crippen LogP contribution is -2.56. The molecule has 4 rings (SSSR count).